The van der Waals surface area contributed by atoms with E-state index in [4.69, 9.17) is 16.3 Å². The second-order valence-electron chi connectivity index (χ2n) is 9.49. The summed E-state index contributed by atoms with van der Waals surface area (Å²) in [6, 6.07) is 24.0. The van der Waals surface area contributed by atoms with Crippen molar-refractivity contribution in [3.8, 4) is 5.75 Å². The van der Waals surface area contributed by atoms with Crippen LogP contribution in [-0.2, 0) is 22.6 Å². The maximum absolute atomic E-state index is 13.6. The van der Waals surface area contributed by atoms with Gasteiger partial charge in [-0.05, 0) is 54.7 Å². The molecule has 0 saturated heterocycles. The minimum absolute atomic E-state index is 0.0660. The summed E-state index contributed by atoms with van der Waals surface area (Å²) >= 11 is 6.45. The zero-order valence-electron chi connectivity index (χ0n) is 21.4. The Morgan fingerprint density at radius 1 is 0.889 bits per heavy atom. The standard InChI is InChI=1S/C30H35ClN2O3/c1-21(2)24-14-16-26(17-15-24)36-20-29(34)33(19-25-12-8-9-13-27(25)31)28(30(35)32-22(3)4)18-23-10-6-5-7-11-23/h5-17,21-22,28H,18-20H2,1-4H3,(H,32,35)/t28-/m1/s1. The molecule has 0 spiro atoms. The molecule has 0 heterocycles. The van der Waals surface area contributed by atoms with Crippen molar-refractivity contribution in [1.82, 2.24) is 10.2 Å². The highest BCUT2D eigenvalue weighted by Gasteiger charge is 2.31. The van der Waals surface area contributed by atoms with E-state index in [1.807, 2.05) is 86.6 Å². The van der Waals surface area contributed by atoms with Crippen molar-refractivity contribution in [3.63, 3.8) is 0 Å². The Labute approximate surface area is 219 Å². The Morgan fingerprint density at radius 3 is 2.14 bits per heavy atom. The van der Waals surface area contributed by atoms with Crippen molar-refractivity contribution >= 4 is 23.4 Å². The lowest BCUT2D eigenvalue weighted by Gasteiger charge is -2.32. The number of nitrogens with zero attached hydrogens (tertiary/aromatic N) is 1. The van der Waals surface area contributed by atoms with Crippen molar-refractivity contribution in [1.29, 1.82) is 0 Å². The Balaban J connectivity index is 1.89. The van der Waals surface area contributed by atoms with Gasteiger partial charge in [-0.15, -0.1) is 0 Å². The van der Waals surface area contributed by atoms with E-state index >= 15 is 0 Å². The minimum atomic E-state index is -0.731. The van der Waals surface area contributed by atoms with Crippen molar-refractivity contribution in [2.45, 2.75) is 58.7 Å². The molecule has 0 aliphatic carbocycles. The van der Waals surface area contributed by atoms with Crippen LogP contribution < -0.4 is 10.1 Å². The van der Waals surface area contributed by atoms with Crippen LogP contribution >= 0.6 is 11.6 Å². The van der Waals surface area contributed by atoms with Gasteiger partial charge in [-0.3, -0.25) is 9.59 Å². The van der Waals surface area contributed by atoms with Gasteiger partial charge < -0.3 is 15.0 Å². The van der Waals surface area contributed by atoms with Gasteiger partial charge in [-0.2, -0.15) is 0 Å². The summed E-state index contributed by atoms with van der Waals surface area (Å²) in [5, 5.41) is 3.53. The van der Waals surface area contributed by atoms with Crippen molar-refractivity contribution in [3.05, 3.63) is 101 Å². The highest BCUT2D eigenvalue weighted by atomic mass is 35.5. The van der Waals surface area contributed by atoms with Crippen LogP contribution in [0.5, 0.6) is 5.75 Å². The van der Waals surface area contributed by atoms with Gasteiger partial charge in [0.15, 0.2) is 6.61 Å². The Bertz CT molecular complexity index is 1130. The van der Waals surface area contributed by atoms with E-state index in [0.29, 0.717) is 23.1 Å². The molecule has 3 rings (SSSR count). The van der Waals surface area contributed by atoms with E-state index in [1.54, 1.807) is 11.0 Å². The SMILES string of the molecule is CC(C)NC(=O)[C@@H](Cc1ccccc1)N(Cc1ccccc1Cl)C(=O)COc1ccc(C(C)C)cc1. The van der Waals surface area contributed by atoms with E-state index in [-0.39, 0.29) is 31.0 Å². The lowest BCUT2D eigenvalue weighted by molar-refractivity contribution is -0.143. The molecular formula is C30H35ClN2O3. The van der Waals surface area contributed by atoms with Crippen LogP contribution in [0.25, 0.3) is 0 Å². The van der Waals surface area contributed by atoms with Crippen molar-refractivity contribution in [2.75, 3.05) is 6.61 Å². The molecule has 1 N–H and O–H groups in total. The van der Waals surface area contributed by atoms with Crippen LogP contribution in [0, 0.1) is 0 Å². The first kappa shape index (κ1) is 27.3. The number of amides is 2. The molecule has 0 unspecified atom stereocenters. The number of carbonyl (C=O) groups is 2. The second-order valence-corrected chi connectivity index (χ2v) is 9.90. The van der Waals surface area contributed by atoms with E-state index < -0.39 is 6.04 Å². The summed E-state index contributed by atoms with van der Waals surface area (Å²) in [6.45, 7) is 8.06. The molecule has 0 saturated carbocycles. The third-order valence-electron chi connectivity index (χ3n) is 5.91. The number of halogens is 1. The molecule has 6 heteroatoms. The first-order chi connectivity index (χ1) is 17.2. The fraction of sp³-hybridized carbons (Fsp3) is 0.333. The molecule has 3 aromatic rings. The van der Waals surface area contributed by atoms with Gasteiger partial charge in [0.25, 0.3) is 5.91 Å². The number of hydrogen-bond acceptors (Lipinski definition) is 3. The monoisotopic (exact) mass is 506 g/mol. The normalized spacial score (nSPS) is 11.9. The molecule has 190 valence electrons. The van der Waals surface area contributed by atoms with Gasteiger partial charge >= 0.3 is 0 Å². The van der Waals surface area contributed by atoms with E-state index in [9.17, 15) is 9.59 Å². The van der Waals surface area contributed by atoms with Gasteiger partial charge in [0.1, 0.15) is 11.8 Å². The molecule has 0 bridgehead atoms. The van der Waals surface area contributed by atoms with Crippen LogP contribution in [0.1, 0.15) is 50.3 Å². The molecular weight excluding hydrogens is 472 g/mol. The summed E-state index contributed by atoms with van der Waals surface area (Å²) in [4.78, 5) is 28.6. The highest BCUT2D eigenvalue weighted by Crippen LogP contribution is 2.22. The predicted molar refractivity (Wildman–Crippen MR) is 145 cm³/mol. The lowest BCUT2D eigenvalue weighted by Crippen LogP contribution is -2.52. The number of ether oxygens (including phenoxy) is 1. The Hall–Kier alpha value is -3.31. The summed E-state index contributed by atoms with van der Waals surface area (Å²) in [6.07, 6.45) is 0.374. The Morgan fingerprint density at radius 2 is 1.53 bits per heavy atom. The fourth-order valence-corrected chi connectivity index (χ4v) is 4.12. The first-order valence-electron chi connectivity index (χ1n) is 12.3. The van der Waals surface area contributed by atoms with Gasteiger partial charge in [-0.1, -0.05) is 86.1 Å². The first-order valence-corrected chi connectivity index (χ1v) is 12.7. The molecule has 2 amide bonds. The maximum atomic E-state index is 13.6. The fourth-order valence-electron chi connectivity index (χ4n) is 3.92. The minimum Gasteiger partial charge on any atom is -0.484 e. The van der Waals surface area contributed by atoms with E-state index in [2.05, 4.69) is 19.2 Å². The van der Waals surface area contributed by atoms with Gasteiger partial charge in [-0.25, -0.2) is 0 Å². The van der Waals surface area contributed by atoms with Crippen LogP contribution in [-0.4, -0.2) is 35.4 Å². The van der Waals surface area contributed by atoms with E-state index in [1.165, 1.54) is 5.56 Å². The maximum Gasteiger partial charge on any atom is 0.261 e. The topological polar surface area (TPSA) is 58.6 Å². The summed E-state index contributed by atoms with van der Waals surface area (Å²) < 4.78 is 5.86. The van der Waals surface area contributed by atoms with Crippen LogP contribution in [0.4, 0.5) is 0 Å². The average Bonchev–Trinajstić information content (AvgIpc) is 2.86. The molecule has 0 aliphatic rings. The van der Waals surface area contributed by atoms with Crippen LogP contribution in [0.15, 0.2) is 78.9 Å². The van der Waals surface area contributed by atoms with Gasteiger partial charge in [0.05, 0.1) is 0 Å². The second kappa shape index (κ2) is 13.1. The quantitative estimate of drug-likeness (QED) is 0.346. The number of benzene rings is 3. The molecule has 36 heavy (non-hydrogen) atoms. The third-order valence-corrected chi connectivity index (χ3v) is 6.28. The Kier molecular flexibility index (Phi) is 9.95. The van der Waals surface area contributed by atoms with Crippen LogP contribution in [0.2, 0.25) is 5.02 Å². The summed E-state index contributed by atoms with van der Waals surface area (Å²) in [7, 11) is 0. The summed E-state index contributed by atoms with van der Waals surface area (Å²) in [5.41, 5.74) is 2.93. The molecule has 5 nitrogen and oxygen atoms in total. The number of hydrogen-bond donors (Lipinski definition) is 1. The predicted octanol–water partition coefficient (Wildman–Crippen LogP) is 6.01. The van der Waals surface area contributed by atoms with E-state index in [0.717, 1.165) is 11.1 Å². The zero-order valence-corrected chi connectivity index (χ0v) is 22.2. The number of carbonyl (C=O) groups excluding carboxylic acids is 2. The largest absolute Gasteiger partial charge is 0.484 e. The molecule has 3 aromatic carbocycles. The molecule has 0 aliphatic heterocycles. The van der Waals surface area contributed by atoms with Crippen molar-refractivity contribution in [2.24, 2.45) is 0 Å². The third kappa shape index (κ3) is 7.85. The lowest BCUT2D eigenvalue weighted by atomic mass is 10.0. The highest BCUT2D eigenvalue weighted by molar-refractivity contribution is 6.31. The molecule has 0 fully saturated rings. The smallest absolute Gasteiger partial charge is 0.261 e. The van der Waals surface area contributed by atoms with Gasteiger partial charge in [0, 0.05) is 24.0 Å². The van der Waals surface area contributed by atoms with Crippen molar-refractivity contribution < 1.29 is 14.3 Å². The molecule has 0 radical (unpaired) electrons. The van der Waals surface area contributed by atoms with Crippen LogP contribution in [0.3, 0.4) is 0 Å². The molecule has 1 atom stereocenters. The zero-order chi connectivity index (χ0) is 26.1. The molecule has 0 aromatic heterocycles. The number of nitrogens with one attached hydrogen (secondary N) is 1. The number of rotatable bonds is 11. The average molecular weight is 507 g/mol. The van der Waals surface area contributed by atoms with Gasteiger partial charge in [0.2, 0.25) is 5.91 Å². The summed E-state index contributed by atoms with van der Waals surface area (Å²) in [5.74, 6) is 0.514.